The van der Waals surface area contributed by atoms with E-state index in [1.165, 1.54) is 12.1 Å². The first-order valence-electron chi connectivity index (χ1n) is 9.58. The van der Waals surface area contributed by atoms with Gasteiger partial charge in [0.05, 0.1) is 11.9 Å². The molecule has 6 nitrogen and oxygen atoms in total. The molecule has 0 spiro atoms. The second-order valence-electron chi connectivity index (χ2n) is 6.90. The molecule has 1 aliphatic rings. The number of carbonyl (C=O) groups excluding carboxylic acids is 1. The Bertz CT molecular complexity index is 939. The number of rotatable bonds is 5. The average molecular weight is 391 g/mol. The van der Waals surface area contributed by atoms with E-state index in [0.717, 1.165) is 16.9 Å². The van der Waals surface area contributed by atoms with Gasteiger partial charge in [0.1, 0.15) is 11.5 Å². The van der Waals surface area contributed by atoms with Gasteiger partial charge in [-0.15, -0.1) is 0 Å². The number of anilines is 2. The van der Waals surface area contributed by atoms with Crippen molar-refractivity contribution in [1.29, 1.82) is 0 Å². The summed E-state index contributed by atoms with van der Waals surface area (Å²) in [5.74, 6) is -0.311. The second-order valence-corrected chi connectivity index (χ2v) is 6.90. The van der Waals surface area contributed by atoms with Gasteiger partial charge in [-0.05, 0) is 48.0 Å². The molecule has 7 heteroatoms. The van der Waals surface area contributed by atoms with Crippen LogP contribution in [0.1, 0.15) is 16.1 Å². The highest BCUT2D eigenvalue weighted by molar-refractivity contribution is 5.92. The number of hydrogen-bond acceptors (Lipinski definition) is 5. The molecular formula is C22H22FN5O. The van der Waals surface area contributed by atoms with Crippen LogP contribution in [0.15, 0.2) is 67.1 Å². The largest absolute Gasteiger partial charge is 0.380 e. The zero-order valence-corrected chi connectivity index (χ0v) is 16.0. The fraction of sp³-hybridized carbons (Fsp3) is 0.227. The summed E-state index contributed by atoms with van der Waals surface area (Å²) in [6.45, 7) is 3.29. The number of nitrogens with one attached hydrogen (secondary N) is 1. The van der Waals surface area contributed by atoms with E-state index in [1.807, 2.05) is 29.3 Å². The Kier molecular flexibility index (Phi) is 5.65. The van der Waals surface area contributed by atoms with Crippen LogP contribution in [-0.4, -0.2) is 47.0 Å². The molecule has 0 saturated carbocycles. The van der Waals surface area contributed by atoms with Crippen LogP contribution < -0.4 is 10.2 Å². The molecule has 148 valence electrons. The SMILES string of the molecule is O=C(c1ccc(NCc2cccnc2)cn1)N1CCN(c2ccc(F)cc2)CC1. The lowest BCUT2D eigenvalue weighted by Crippen LogP contribution is -2.49. The maximum atomic E-state index is 13.1. The van der Waals surface area contributed by atoms with Crippen LogP contribution in [0.4, 0.5) is 15.8 Å². The number of hydrogen-bond donors (Lipinski definition) is 1. The van der Waals surface area contributed by atoms with E-state index in [0.29, 0.717) is 38.4 Å². The second kappa shape index (κ2) is 8.68. The van der Waals surface area contributed by atoms with E-state index in [-0.39, 0.29) is 11.7 Å². The fourth-order valence-corrected chi connectivity index (χ4v) is 3.31. The van der Waals surface area contributed by atoms with E-state index >= 15 is 0 Å². The molecule has 1 amide bonds. The molecular weight excluding hydrogens is 369 g/mol. The number of pyridine rings is 2. The van der Waals surface area contributed by atoms with E-state index in [2.05, 4.69) is 20.2 Å². The van der Waals surface area contributed by atoms with Gasteiger partial charge in [0.15, 0.2) is 0 Å². The third-order valence-electron chi connectivity index (χ3n) is 4.96. The Morgan fingerprint density at radius 1 is 1.00 bits per heavy atom. The van der Waals surface area contributed by atoms with Gasteiger partial charge in [0, 0.05) is 50.8 Å². The first-order chi connectivity index (χ1) is 14.2. The molecule has 1 N–H and O–H groups in total. The number of carbonyl (C=O) groups is 1. The van der Waals surface area contributed by atoms with E-state index < -0.39 is 0 Å². The summed E-state index contributed by atoms with van der Waals surface area (Å²) in [7, 11) is 0. The van der Waals surface area contributed by atoms with Crippen LogP contribution in [0, 0.1) is 5.82 Å². The molecule has 1 saturated heterocycles. The Labute approximate surface area is 169 Å². The maximum Gasteiger partial charge on any atom is 0.272 e. The van der Waals surface area contributed by atoms with Crippen molar-refractivity contribution < 1.29 is 9.18 Å². The summed E-state index contributed by atoms with van der Waals surface area (Å²) < 4.78 is 13.1. The summed E-state index contributed by atoms with van der Waals surface area (Å²) in [5, 5.41) is 3.27. The molecule has 1 aromatic carbocycles. The van der Waals surface area contributed by atoms with E-state index in [1.54, 1.807) is 30.6 Å². The lowest BCUT2D eigenvalue weighted by molar-refractivity contribution is 0.0741. The number of benzene rings is 1. The molecule has 0 aliphatic carbocycles. The topological polar surface area (TPSA) is 61.4 Å². The van der Waals surface area contributed by atoms with Gasteiger partial charge in [-0.25, -0.2) is 9.37 Å². The van der Waals surface area contributed by atoms with Gasteiger partial charge in [-0.3, -0.25) is 9.78 Å². The van der Waals surface area contributed by atoms with Crippen molar-refractivity contribution in [2.45, 2.75) is 6.54 Å². The lowest BCUT2D eigenvalue weighted by Gasteiger charge is -2.36. The minimum Gasteiger partial charge on any atom is -0.380 e. The van der Waals surface area contributed by atoms with Crippen LogP contribution in [0.25, 0.3) is 0 Å². The number of aromatic nitrogens is 2. The predicted molar refractivity (Wildman–Crippen MR) is 110 cm³/mol. The highest BCUT2D eigenvalue weighted by Gasteiger charge is 2.23. The summed E-state index contributed by atoms with van der Waals surface area (Å²) in [6.07, 6.45) is 5.23. The monoisotopic (exact) mass is 391 g/mol. The van der Waals surface area contributed by atoms with Crippen molar-refractivity contribution in [1.82, 2.24) is 14.9 Å². The molecule has 0 bridgehead atoms. The van der Waals surface area contributed by atoms with Gasteiger partial charge in [-0.2, -0.15) is 0 Å². The van der Waals surface area contributed by atoms with Crippen molar-refractivity contribution in [2.24, 2.45) is 0 Å². The quantitative estimate of drug-likeness (QED) is 0.724. The molecule has 29 heavy (non-hydrogen) atoms. The van der Waals surface area contributed by atoms with Gasteiger partial charge in [0.25, 0.3) is 5.91 Å². The third kappa shape index (κ3) is 4.68. The van der Waals surface area contributed by atoms with Gasteiger partial charge < -0.3 is 15.1 Å². The Morgan fingerprint density at radius 3 is 2.45 bits per heavy atom. The van der Waals surface area contributed by atoms with Crippen molar-refractivity contribution in [2.75, 3.05) is 36.4 Å². The molecule has 2 aromatic heterocycles. The van der Waals surface area contributed by atoms with Crippen LogP contribution in [0.3, 0.4) is 0 Å². The zero-order chi connectivity index (χ0) is 20.1. The molecule has 0 radical (unpaired) electrons. The first kappa shape index (κ1) is 18.9. The number of piperazine rings is 1. The van der Waals surface area contributed by atoms with Crippen molar-refractivity contribution >= 4 is 17.3 Å². The summed E-state index contributed by atoms with van der Waals surface area (Å²) in [6, 6.07) is 14.0. The molecule has 1 aliphatic heterocycles. The first-order valence-corrected chi connectivity index (χ1v) is 9.58. The molecule has 1 fully saturated rings. The van der Waals surface area contributed by atoms with Crippen molar-refractivity contribution in [3.63, 3.8) is 0 Å². The van der Waals surface area contributed by atoms with E-state index in [9.17, 15) is 9.18 Å². The highest BCUT2D eigenvalue weighted by atomic mass is 19.1. The standard InChI is InChI=1S/C22H22FN5O/c23-18-3-6-20(7-4-18)27-10-12-28(13-11-27)22(29)21-8-5-19(16-26-21)25-15-17-2-1-9-24-14-17/h1-9,14,16,25H,10-13,15H2. The van der Waals surface area contributed by atoms with Gasteiger partial charge in [0.2, 0.25) is 0 Å². The Balaban J connectivity index is 1.31. The fourth-order valence-electron chi connectivity index (χ4n) is 3.31. The molecule has 3 heterocycles. The summed E-state index contributed by atoms with van der Waals surface area (Å²) in [4.78, 5) is 25.1. The Hall–Kier alpha value is -3.48. The van der Waals surface area contributed by atoms with Crippen LogP contribution in [0.5, 0.6) is 0 Å². The summed E-state index contributed by atoms with van der Waals surface area (Å²) in [5.41, 5.74) is 3.34. The number of halogens is 1. The molecule has 0 atom stereocenters. The zero-order valence-electron chi connectivity index (χ0n) is 16.0. The smallest absolute Gasteiger partial charge is 0.272 e. The van der Waals surface area contributed by atoms with Crippen LogP contribution in [-0.2, 0) is 6.54 Å². The minimum absolute atomic E-state index is 0.0671. The Morgan fingerprint density at radius 2 is 1.79 bits per heavy atom. The summed E-state index contributed by atoms with van der Waals surface area (Å²) >= 11 is 0. The van der Waals surface area contributed by atoms with E-state index in [4.69, 9.17) is 0 Å². The third-order valence-corrected chi connectivity index (χ3v) is 4.96. The molecule has 3 aromatic rings. The highest BCUT2D eigenvalue weighted by Crippen LogP contribution is 2.18. The lowest BCUT2D eigenvalue weighted by atomic mass is 10.2. The van der Waals surface area contributed by atoms with Crippen LogP contribution >= 0.6 is 0 Å². The normalized spacial score (nSPS) is 14.0. The molecule has 0 unspecified atom stereocenters. The predicted octanol–water partition coefficient (Wildman–Crippen LogP) is 3.19. The number of nitrogens with zero attached hydrogens (tertiary/aromatic N) is 4. The van der Waals surface area contributed by atoms with Gasteiger partial charge in [-0.1, -0.05) is 6.07 Å². The molecule has 4 rings (SSSR count). The minimum atomic E-state index is -0.244. The van der Waals surface area contributed by atoms with Crippen molar-refractivity contribution in [3.8, 4) is 0 Å². The average Bonchev–Trinajstić information content (AvgIpc) is 2.79. The maximum absolute atomic E-state index is 13.1. The van der Waals surface area contributed by atoms with Crippen LogP contribution in [0.2, 0.25) is 0 Å². The van der Waals surface area contributed by atoms with Gasteiger partial charge >= 0.3 is 0 Å². The number of amides is 1. The van der Waals surface area contributed by atoms with Crippen molar-refractivity contribution in [3.05, 3.63) is 84.2 Å².